The molecule has 0 amide bonds. The number of aryl methyl sites for hydroxylation is 2. The Hall–Kier alpha value is -4.05. The van der Waals surface area contributed by atoms with Crippen LogP contribution in [-0.2, 0) is 5.41 Å². The zero-order valence-electron chi connectivity index (χ0n) is 21.3. The van der Waals surface area contributed by atoms with Crippen molar-refractivity contribution in [3.63, 3.8) is 0 Å². The maximum atomic E-state index is 12.9. The number of hydrogen-bond donors (Lipinski definition) is 1. The number of phenols is 1. The molecule has 0 aliphatic heterocycles. The van der Waals surface area contributed by atoms with Gasteiger partial charge in [0.15, 0.2) is 5.75 Å². The molecular weight excluding hydrogens is 527 g/mol. The third-order valence-corrected chi connectivity index (χ3v) is 8.07. The molecule has 5 aromatic carbocycles. The summed E-state index contributed by atoms with van der Waals surface area (Å²) in [5.41, 5.74) is 7.28. The molecule has 0 atom stereocenters. The second kappa shape index (κ2) is 9.60. The maximum absolute atomic E-state index is 12.9. The molecule has 0 fully saturated rings. The Bertz CT molecular complexity index is 1670. The highest BCUT2D eigenvalue weighted by molar-refractivity contribution is 6.32. The maximum Gasteiger partial charge on any atom is 0.343 e. The van der Waals surface area contributed by atoms with Gasteiger partial charge in [-0.25, -0.2) is 4.79 Å². The molecule has 0 unspecified atom stereocenters. The minimum Gasteiger partial charge on any atom is -0.506 e. The number of ether oxygens (including phenoxy) is 1. The molecule has 0 aromatic heterocycles. The first-order valence-electron chi connectivity index (χ1n) is 12.6. The average Bonchev–Trinajstić information content (AvgIpc) is 3.25. The van der Waals surface area contributed by atoms with Gasteiger partial charge in [0.05, 0.1) is 21.0 Å². The number of fused-ring (bicyclic) bond motifs is 3. The van der Waals surface area contributed by atoms with E-state index in [1.54, 1.807) is 24.3 Å². The molecule has 0 spiro atoms. The Labute approximate surface area is 237 Å². The molecular formula is C34H24Cl2O3. The SMILES string of the molecule is Cc1cc(C2(c3cc(C)c(OC(=O)c4ccccc4)c(Cl)c3)c3ccccc3-c3ccccc32)cc(Cl)c1O. The molecule has 0 heterocycles. The number of carbonyl (C=O) groups is 1. The molecule has 192 valence electrons. The first-order valence-corrected chi connectivity index (χ1v) is 13.3. The zero-order chi connectivity index (χ0) is 27.3. The molecule has 39 heavy (non-hydrogen) atoms. The summed E-state index contributed by atoms with van der Waals surface area (Å²) < 4.78 is 5.79. The van der Waals surface area contributed by atoms with Gasteiger partial charge in [0.25, 0.3) is 0 Å². The van der Waals surface area contributed by atoms with Crippen LogP contribution in [0.25, 0.3) is 11.1 Å². The predicted octanol–water partition coefficient (Wildman–Crippen LogP) is 8.90. The summed E-state index contributed by atoms with van der Waals surface area (Å²) in [6, 6.07) is 33.1. The lowest BCUT2D eigenvalue weighted by Gasteiger charge is -2.35. The molecule has 5 heteroatoms. The topological polar surface area (TPSA) is 46.5 Å². The molecule has 0 radical (unpaired) electrons. The van der Waals surface area contributed by atoms with Gasteiger partial charge in [0.1, 0.15) is 5.75 Å². The van der Waals surface area contributed by atoms with Crippen molar-refractivity contribution >= 4 is 29.2 Å². The number of carbonyl (C=O) groups excluding carboxylic acids is 1. The number of phenolic OH excluding ortho intramolecular Hbond substituents is 1. The van der Waals surface area contributed by atoms with E-state index in [9.17, 15) is 9.90 Å². The van der Waals surface area contributed by atoms with E-state index in [2.05, 4.69) is 24.3 Å². The fraction of sp³-hybridized carbons (Fsp3) is 0.0882. The molecule has 1 aliphatic carbocycles. The average molecular weight is 551 g/mol. The van der Waals surface area contributed by atoms with Crippen LogP contribution in [-0.4, -0.2) is 11.1 Å². The van der Waals surface area contributed by atoms with E-state index in [-0.39, 0.29) is 10.8 Å². The van der Waals surface area contributed by atoms with Crippen molar-refractivity contribution in [2.45, 2.75) is 19.3 Å². The number of benzene rings is 5. The fourth-order valence-corrected chi connectivity index (χ4v) is 6.35. The van der Waals surface area contributed by atoms with Crippen molar-refractivity contribution in [2.75, 3.05) is 0 Å². The number of rotatable bonds is 4. The highest BCUT2D eigenvalue weighted by atomic mass is 35.5. The zero-order valence-corrected chi connectivity index (χ0v) is 22.8. The van der Waals surface area contributed by atoms with Gasteiger partial charge >= 0.3 is 5.97 Å². The van der Waals surface area contributed by atoms with Crippen LogP contribution in [0.4, 0.5) is 0 Å². The largest absolute Gasteiger partial charge is 0.506 e. The van der Waals surface area contributed by atoms with Crippen molar-refractivity contribution < 1.29 is 14.6 Å². The van der Waals surface area contributed by atoms with Gasteiger partial charge in [-0.3, -0.25) is 0 Å². The molecule has 1 aliphatic rings. The lowest BCUT2D eigenvalue weighted by molar-refractivity contribution is 0.0733. The van der Waals surface area contributed by atoms with E-state index in [1.807, 2.05) is 68.4 Å². The highest BCUT2D eigenvalue weighted by Gasteiger charge is 2.46. The normalized spacial score (nSPS) is 13.0. The van der Waals surface area contributed by atoms with Crippen LogP contribution in [0.3, 0.4) is 0 Å². The van der Waals surface area contributed by atoms with Gasteiger partial charge in [-0.1, -0.05) is 102 Å². The van der Waals surface area contributed by atoms with Crippen LogP contribution < -0.4 is 4.74 Å². The van der Waals surface area contributed by atoms with E-state index in [1.165, 1.54) is 0 Å². The molecule has 6 rings (SSSR count). The fourth-order valence-electron chi connectivity index (χ4n) is 5.78. The quantitative estimate of drug-likeness (QED) is 0.176. The van der Waals surface area contributed by atoms with E-state index in [0.29, 0.717) is 21.9 Å². The molecule has 1 N–H and O–H groups in total. The second-order valence-electron chi connectivity index (χ2n) is 9.82. The number of hydrogen-bond acceptors (Lipinski definition) is 3. The number of aromatic hydroxyl groups is 1. The number of halogens is 2. The lowest BCUT2D eigenvalue weighted by atomic mass is 9.67. The molecule has 0 saturated carbocycles. The van der Waals surface area contributed by atoms with E-state index in [0.717, 1.165) is 38.9 Å². The van der Waals surface area contributed by atoms with Gasteiger partial charge in [0, 0.05) is 0 Å². The van der Waals surface area contributed by atoms with Crippen molar-refractivity contribution in [2.24, 2.45) is 0 Å². The van der Waals surface area contributed by atoms with Gasteiger partial charge in [-0.15, -0.1) is 0 Å². The summed E-state index contributed by atoms with van der Waals surface area (Å²) in [4.78, 5) is 12.9. The summed E-state index contributed by atoms with van der Waals surface area (Å²) >= 11 is 13.5. The highest BCUT2D eigenvalue weighted by Crippen LogP contribution is 2.57. The minimum absolute atomic E-state index is 0.0625. The summed E-state index contributed by atoms with van der Waals surface area (Å²) in [5.74, 6) is -0.0861. The lowest BCUT2D eigenvalue weighted by Crippen LogP contribution is -2.29. The first-order chi connectivity index (χ1) is 18.8. The van der Waals surface area contributed by atoms with Crippen molar-refractivity contribution in [1.82, 2.24) is 0 Å². The summed E-state index contributed by atoms with van der Waals surface area (Å²) in [7, 11) is 0. The molecule has 0 saturated heterocycles. The Morgan fingerprint density at radius 3 is 1.77 bits per heavy atom. The Kier molecular flexibility index (Phi) is 6.22. The predicted molar refractivity (Wildman–Crippen MR) is 156 cm³/mol. The summed E-state index contributed by atoms with van der Waals surface area (Å²) in [5, 5.41) is 11.1. The second-order valence-corrected chi connectivity index (χ2v) is 10.6. The van der Waals surface area contributed by atoms with Crippen molar-refractivity contribution in [3.8, 4) is 22.6 Å². The van der Waals surface area contributed by atoms with Crippen LogP contribution in [0.15, 0.2) is 103 Å². The van der Waals surface area contributed by atoms with Gasteiger partial charge in [-0.2, -0.15) is 0 Å². The van der Waals surface area contributed by atoms with Gasteiger partial charge in [0.2, 0.25) is 0 Å². The third-order valence-electron chi connectivity index (χ3n) is 7.51. The van der Waals surface area contributed by atoms with E-state index < -0.39 is 11.4 Å². The van der Waals surface area contributed by atoms with Crippen molar-refractivity contribution in [3.05, 3.63) is 152 Å². The van der Waals surface area contributed by atoms with E-state index in [4.69, 9.17) is 27.9 Å². The van der Waals surface area contributed by atoms with Crippen LogP contribution in [0, 0.1) is 13.8 Å². The van der Waals surface area contributed by atoms with Gasteiger partial charge in [-0.05, 0) is 82.6 Å². The summed E-state index contributed by atoms with van der Waals surface area (Å²) in [6.07, 6.45) is 0. The monoisotopic (exact) mass is 550 g/mol. The Morgan fingerprint density at radius 1 is 0.692 bits per heavy atom. The van der Waals surface area contributed by atoms with Crippen LogP contribution in [0.1, 0.15) is 43.7 Å². The first kappa shape index (κ1) is 25.2. The van der Waals surface area contributed by atoms with Crippen molar-refractivity contribution in [1.29, 1.82) is 0 Å². The summed E-state index contributed by atoms with van der Waals surface area (Å²) in [6.45, 7) is 3.73. The molecule has 0 bridgehead atoms. The Morgan fingerprint density at radius 2 is 1.21 bits per heavy atom. The minimum atomic E-state index is -0.772. The number of esters is 1. The van der Waals surface area contributed by atoms with E-state index >= 15 is 0 Å². The van der Waals surface area contributed by atoms with Gasteiger partial charge < -0.3 is 9.84 Å². The van der Waals surface area contributed by atoms with Crippen LogP contribution in [0.5, 0.6) is 11.5 Å². The Balaban J connectivity index is 1.61. The van der Waals surface area contributed by atoms with Crippen LogP contribution >= 0.6 is 23.2 Å². The smallest absolute Gasteiger partial charge is 0.343 e. The molecule has 5 aromatic rings. The van der Waals surface area contributed by atoms with Crippen LogP contribution in [0.2, 0.25) is 10.0 Å². The molecule has 3 nitrogen and oxygen atoms in total. The third kappa shape index (κ3) is 3.93. The standard InChI is InChI=1S/C34H24Cl2O3/c1-20-16-23(18-29(35)31(20)37)34(27-14-8-6-12-25(27)26-13-7-9-15-28(26)34)24-17-21(2)32(30(36)19-24)39-33(38)22-10-4-3-5-11-22/h3-19,37H,1-2H3.